The third-order valence-corrected chi connectivity index (χ3v) is 2.87. The number of para-hydroxylation sites is 2. The molecule has 116 valence electrons. The van der Waals surface area contributed by atoms with Gasteiger partial charge in [-0.25, -0.2) is 0 Å². The molecule has 0 heterocycles. The first kappa shape index (κ1) is 18.1. The van der Waals surface area contributed by atoms with E-state index in [2.05, 4.69) is 15.8 Å². The van der Waals surface area contributed by atoms with Crippen molar-refractivity contribution in [3.63, 3.8) is 0 Å². The number of methoxy groups -OCH3 is 1. The predicted octanol–water partition coefficient (Wildman–Crippen LogP) is 2.45. The number of hydrogen-bond donors (Lipinski definition) is 2. The Labute approximate surface area is 148 Å². The van der Waals surface area contributed by atoms with Gasteiger partial charge in [0.15, 0.2) is 5.11 Å². The number of hydrazone groups is 1. The zero-order chi connectivity index (χ0) is 15.1. The first-order chi connectivity index (χ1) is 10.2. The average Bonchev–Trinajstić information content (AvgIpc) is 2.50. The summed E-state index contributed by atoms with van der Waals surface area (Å²) in [6.45, 7) is 0. The fraction of sp³-hybridized carbons (Fsp3) is 0.0667. The summed E-state index contributed by atoms with van der Waals surface area (Å²) in [5, 5.41) is 15.3. The van der Waals surface area contributed by atoms with Crippen molar-refractivity contribution < 1.29 is 30.3 Å². The van der Waals surface area contributed by atoms with E-state index in [1.165, 1.54) is 13.3 Å². The van der Waals surface area contributed by atoms with Crippen molar-refractivity contribution in [2.75, 3.05) is 12.4 Å². The molecule has 0 spiro atoms. The molecule has 0 fully saturated rings. The van der Waals surface area contributed by atoms with Crippen molar-refractivity contribution in [3.05, 3.63) is 54.1 Å². The van der Waals surface area contributed by atoms with Crippen molar-refractivity contribution in [3.8, 4) is 11.5 Å². The van der Waals surface area contributed by atoms with E-state index in [9.17, 15) is 0 Å². The molecule has 22 heavy (non-hydrogen) atoms. The molecule has 0 unspecified atom stereocenters. The quantitative estimate of drug-likeness (QED) is 0.268. The first-order valence-corrected chi connectivity index (χ1v) is 6.65. The van der Waals surface area contributed by atoms with E-state index in [4.69, 9.17) is 22.1 Å². The normalized spacial score (nSPS) is 9.86. The molecule has 0 aliphatic heterocycles. The molecule has 2 aromatic carbocycles. The second-order valence-electron chi connectivity index (χ2n) is 4.11. The summed E-state index contributed by atoms with van der Waals surface area (Å²) in [7, 11) is 1.53. The third-order valence-electron chi connectivity index (χ3n) is 2.68. The van der Waals surface area contributed by atoms with Crippen LogP contribution in [0, 0.1) is 0 Å². The number of nitrogens with zero attached hydrogens (tertiary/aromatic N) is 1. The molecule has 4 N–H and O–H groups in total. The van der Waals surface area contributed by atoms with Gasteiger partial charge in [0.25, 0.3) is 0 Å². The van der Waals surface area contributed by atoms with E-state index in [0.29, 0.717) is 16.4 Å². The molecule has 0 radical (unpaired) electrons. The minimum Gasteiger partial charge on any atom is -0.590 e. The zero-order valence-corrected chi connectivity index (χ0v) is 14.1. The van der Waals surface area contributed by atoms with Crippen molar-refractivity contribution in [1.82, 2.24) is 5.43 Å². The average molecular weight is 409 g/mol. The Morgan fingerprint density at radius 1 is 1.18 bits per heavy atom. The summed E-state index contributed by atoms with van der Waals surface area (Å²) in [5.41, 5.74) is 4.24. The Bertz CT molecular complexity index is 650. The van der Waals surface area contributed by atoms with E-state index in [-0.39, 0.29) is 26.2 Å². The number of anilines is 1. The number of benzene rings is 2. The predicted molar refractivity (Wildman–Crippen MR) is 89.4 cm³/mol. The van der Waals surface area contributed by atoms with Crippen molar-refractivity contribution in [2.24, 2.45) is 5.10 Å². The van der Waals surface area contributed by atoms with Gasteiger partial charge in [0.2, 0.25) is 5.75 Å². The second-order valence-corrected chi connectivity index (χ2v) is 4.52. The standard InChI is InChI=1S/C15H15N3O2S.Pd/c1-20-13-9-5-6-11(14(13)19)10-16-18-15(21)17-12-7-3-2-4-8-12;/h2-10,19H,1H3,(H2,17,18,21);/q;+2/p+1. The number of rotatable bonds is 4. The number of hydrogen-bond acceptors (Lipinski definition) is 3. The second kappa shape index (κ2) is 9.16. The summed E-state index contributed by atoms with van der Waals surface area (Å²) < 4.78 is 5.08. The van der Waals surface area contributed by atoms with Gasteiger partial charge in [0.1, 0.15) is 0 Å². The Hall–Kier alpha value is -1.94. The Morgan fingerprint density at radius 2 is 1.91 bits per heavy atom. The van der Waals surface area contributed by atoms with Crippen LogP contribution in [0.4, 0.5) is 5.69 Å². The molecule has 0 atom stereocenters. The van der Waals surface area contributed by atoms with E-state index in [1.54, 1.807) is 18.2 Å². The van der Waals surface area contributed by atoms with Gasteiger partial charge in [-0.1, -0.05) is 24.3 Å². The van der Waals surface area contributed by atoms with Crippen LogP contribution in [-0.2, 0) is 20.4 Å². The van der Waals surface area contributed by atoms with Gasteiger partial charge < -0.3 is 15.2 Å². The first-order valence-electron chi connectivity index (χ1n) is 6.24. The molecule has 0 aromatic heterocycles. The minimum absolute atomic E-state index is 0. The largest absolute Gasteiger partial charge is 2.00 e. The summed E-state index contributed by atoms with van der Waals surface area (Å²) in [5.74, 6) is 0.788. The van der Waals surface area contributed by atoms with E-state index >= 15 is 0 Å². The van der Waals surface area contributed by atoms with Gasteiger partial charge in [-0.05, 0) is 36.5 Å². The topological polar surface area (TPSA) is 68.5 Å². The van der Waals surface area contributed by atoms with Gasteiger partial charge in [0.05, 0.1) is 18.9 Å². The van der Waals surface area contributed by atoms with Crippen LogP contribution in [-0.4, -0.2) is 23.5 Å². The summed E-state index contributed by atoms with van der Waals surface area (Å²) in [6, 6.07) is 14.9. The van der Waals surface area contributed by atoms with E-state index in [0.717, 1.165) is 5.69 Å². The Morgan fingerprint density at radius 3 is 2.59 bits per heavy atom. The van der Waals surface area contributed by atoms with Gasteiger partial charge in [-0.2, -0.15) is 5.10 Å². The van der Waals surface area contributed by atoms with E-state index < -0.39 is 0 Å². The molecule has 2 rings (SSSR count). The van der Waals surface area contributed by atoms with Crippen LogP contribution in [0.2, 0.25) is 0 Å². The van der Waals surface area contributed by atoms with Crippen molar-refractivity contribution in [1.29, 1.82) is 0 Å². The maximum Gasteiger partial charge on any atom is 2.00 e. The molecular weight excluding hydrogens is 393 g/mol. The Balaban J connectivity index is 0.00000242. The maximum atomic E-state index is 7.92. The SMILES string of the molecule is COc1cccc(C=NNC(=S)Nc2ccccc2)c1[OH2+].[Pd+2]. The van der Waals surface area contributed by atoms with E-state index in [1.807, 2.05) is 30.3 Å². The maximum absolute atomic E-state index is 7.92. The molecule has 0 aliphatic carbocycles. The number of ether oxygens (including phenoxy) is 1. The molecule has 0 aliphatic rings. The molecule has 5 nitrogen and oxygen atoms in total. The molecular formula is C15H16N3O2PdS+3. The molecule has 0 saturated heterocycles. The monoisotopic (exact) mass is 408 g/mol. The van der Waals surface area contributed by atoms with Crippen LogP contribution in [0.25, 0.3) is 0 Å². The zero-order valence-electron chi connectivity index (χ0n) is 11.8. The van der Waals surface area contributed by atoms with Gasteiger partial charge in [-0.15, -0.1) is 0 Å². The minimum atomic E-state index is 0. The molecule has 0 amide bonds. The van der Waals surface area contributed by atoms with Crippen molar-refractivity contribution in [2.45, 2.75) is 0 Å². The fourth-order valence-electron chi connectivity index (χ4n) is 1.67. The summed E-state index contributed by atoms with van der Waals surface area (Å²) in [6.07, 6.45) is 1.53. The summed E-state index contributed by atoms with van der Waals surface area (Å²) in [4.78, 5) is 0. The van der Waals surface area contributed by atoms with Crippen LogP contribution in [0.15, 0.2) is 53.6 Å². The fourth-order valence-corrected chi connectivity index (χ4v) is 1.84. The molecule has 2 aromatic rings. The van der Waals surface area contributed by atoms with Crippen LogP contribution < -0.4 is 15.5 Å². The third kappa shape index (κ3) is 5.12. The molecule has 0 saturated carbocycles. The van der Waals surface area contributed by atoms with Crippen LogP contribution in [0.3, 0.4) is 0 Å². The van der Waals surface area contributed by atoms with Crippen molar-refractivity contribution >= 4 is 29.2 Å². The summed E-state index contributed by atoms with van der Waals surface area (Å²) >= 11 is 5.13. The van der Waals surface area contributed by atoms with Crippen LogP contribution >= 0.6 is 12.2 Å². The smallest absolute Gasteiger partial charge is 0.590 e. The van der Waals surface area contributed by atoms with Gasteiger partial charge >= 0.3 is 26.2 Å². The molecule has 0 bridgehead atoms. The van der Waals surface area contributed by atoms with Gasteiger partial charge in [-0.3, -0.25) is 5.43 Å². The van der Waals surface area contributed by atoms with Crippen LogP contribution in [0.5, 0.6) is 11.5 Å². The van der Waals surface area contributed by atoms with Gasteiger partial charge in [0, 0.05) is 5.69 Å². The Kier molecular flexibility index (Phi) is 7.54. The van der Waals surface area contributed by atoms with Crippen LogP contribution in [0.1, 0.15) is 5.56 Å². The molecule has 7 heteroatoms. The number of thiocarbonyl (C=S) groups is 1. The number of nitrogens with one attached hydrogen (secondary N) is 2.